The van der Waals surface area contributed by atoms with Gasteiger partial charge in [-0.1, -0.05) is 6.42 Å². The molecule has 4 aromatic rings. The van der Waals surface area contributed by atoms with Crippen LogP contribution in [0.1, 0.15) is 103 Å². The molecule has 1 spiro atoms. The molecule has 7 rings (SSSR count). The molecule has 11 nitrogen and oxygen atoms in total. The van der Waals surface area contributed by atoms with E-state index in [9.17, 15) is 18.7 Å². The van der Waals surface area contributed by atoms with E-state index in [0.717, 1.165) is 61.3 Å². The van der Waals surface area contributed by atoms with Gasteiger partial charge < -0.3 is 14.6 Å². The summed E-state index contributed by atoms with van der Waals surface area (Å²) in [6, 6.07) is 5.82. The largest absolute Gasteiger partial charge is 0.481 e. The quantitative estimate of drug-likeness (QED) is 0.188. The van der Waals surface area contributed by atoms with E-state index in [1.165, 1.54) is 29.9 Å². The third kappa shape index (κ3) is 7.02. The molecular weight excluding hydrogens is 656 g/mol. The van der Waals surface area contributed by atoms with Gasteiger partial charge in [-0.2, -0.15) is 4.98 Å². The normalized spacial score (nSPS) is 18.4. The Morgan fingerprint density at radius 1 is 1.08 bits per heavy atom. The minimum absolute atomic E-state index is 0.263. The van der Waals surface area contributed by atoms with Crippen molar-refractivity contribution in [1.29, 1.82) is 0 Å². The summed E-state index contributed by atoms with van der Waals surface area (Å²) in [7, 11) is 0. The van der Waals surface area contributed by atoms with Crippen molar-refractivity contribution in [1.82, 2.24) is 34.4 Å². The number of aromatic nitrogens is 5. The minimum Gasteiger partial charge on any atom is -0.481 e. The Bertz CT molecular complexity index is 1940. The van der Waals surface area contributed by atoms with Gasteiger partial charge in [0.1, 0.15) is 12.2 Å². The molecule has 51 heavy (non-hydrogen) atoms. The molecule has 0 unspecified atom stereocenters. The van der Waals surface area contributed by atoms with Gasteiger partial charge in [-0.25, -0.2) is 8.78 Å². The van der Waals surface area contributed by atoms with Crippen LogP contribution in [0.15, 0.2) is 30.6 Å². The van der Waals surface area contributed by atoms with Gasteiger partial charge in [0.2, 0.25) is 17.6 Å². The fraction of sp³-hybridized carbons (Fsp3) is 0.553. The summed E-state index contributed by atoms with van der Waals surface area (Å²) in [5.74, 6) is -0.891. The molecule has 1 atom stereocenters. The van der Waals surface area contributed by atoms with Crippen molar-refractivity contribution in [3.8, 4) is 11.8 Å². The zero-order valence-electron chi connectivity index (χ0n) is 30.1. The van der Waals surface area contributed by atoms with E-state index < -0.39 is 29.6 Å². The molecule has 2 fully saturated rings. The average molecular weight is 704 g/mol. The second-order valence-corrected chi connectivity index (χ2v) is 15.2. The lowest BCUT2D eigenvalue weighted by molar-refractivity contribution is -0.147. The molecule has 272 valence electrons. The number of hydrogen-bond donors (Lipinski definition) is 1. The van der Waals surface area contributed by atoms with Crippen molar-refractivity contribution in [3.05, 3.63) is 75.5 Å². The number of pyridine rings is 3. The van der Waals surface area contributed by atoms with Gasteiger partial charge in [0.25, 0.3) is 6.43 Å². The van der Waals surface area contributed by atoms with Crippen molar-refractivity contribution in [3.63, 3.8) is 0 Å². The number of ether oxygens (including phenoxy) is 2. The molecule has 13 heteroatoms. The van der Waals surface area contributed by atoms with E-state index in [1.54, 1.807) is 33.0 Å². The number of fused-ring (bicyclic) bond motifs is 2. The monoisotopic (exact) mass is 703 g/mol. The van der Waals surface area contributed by atoms with Crippen molar-refractivity contribution in [2.45, 2.75) is 97.8 Å². The molecule has 0 bridgehead atoms. The molecule has 1 saturated carbocycles. The van der Waals surface area contributed by atoms with E-state index in [4.69, 9.17) is 19.4 Å². The van der Waals surface area contributed by atoms with Crippen LogP contribution in [0.3, 0.4) is 0 Å². The molecule has 1 saturated heterocycles. The molecule has 0 radical (unpaired) electrons. The Labute approximate surface area is 297 Å². The number of carboxylic acid groups (broad SMARTS) is 1. The Kier molecular flexibility index (Phi) is 9.47. The van der Waals surface area contributed by atoms with Crippen LogP contribution >= 0.6 is 0 Å². The van der Waals surface area contributed by atoms with Crippen LogP contribution in [0, 0.1) is 26.2 Å². The van der Waals surface area contributed by atoms with Gasteiger partial charge in [-0.3, -0.25) is 24.0 Å². The lowest BCUT2D eigenvalue weighted by Gasteiger charge is -2.32. The minimum atomic E-state index is -2.80. The molecule has 2 aliphatic heterocycles. The lowest BCUT2D eigenvalue weighted by Crippen LogP contribution is -2.35. The van der Waals surface area contributed by atoms with Gasteiger partial charge >= 0.3 is 5.97 Å². The number of rotatable bonds is 11. The number of piperidine rings is 1. The van der Waals surface area contributed by atoms with Gasteiger partial charge in [0.15, 0.2) is 5.65 Å². The topological polar surface area (TPSA) is 118 Å². The second-order valence-electron chi connectivity index (χ2n) is 15.2. The van der Waals surface area contributed by atoms with Crippen LogP contribution in [0.25, 0.3) is 5.65 Å². The Morgan fingerprint density at radius 2 is 1.84 bits per heavy atom. The maximum Gasteiger partial charge on any atom is 0.310 e. The fourth-order valence-electron chi connectivity index (χ4n) is 7.66. The van der Waals surface area contributed by atoms with E-state index in [1.807, 2.05) is 19.9 Å². The molecule has 1 N–H and O–H groups in total. The van der Waals surface area contributed by atoms with Gasteiger partial charge in [0.05, 0.1) is 5.41 Å². The SMILES string of the molecule is Cc1cnc([C@H](c2ccn3c(C(F)F)nnc3c2C)C(C)(C)C(=O)O)cc1CN1Cc2cc(C)c(OCCN3CCCCC3)nc2OC2(CC2)C1. The number of carboxylic acids is 1. The molecule has 3 aliphatic rings. The van der Waals surface area contributed by atoms with E-state index in [0.29, 0.717) is 48.3 Å². The summed E-state index contributed by atoms with van der Waals surface area (Å²) in [5, 5.41) is 18.2. The van der Waals surface area contributed by atoms with E-state index >= 15 is 0 Å². The average Bonchev–Trinajstić information content (AvgIpc) is 3.72. The summed E-state index contributed by atoms with van der Waals surface area (Å²) in [6.45, 7) is 14.8. The van der Waals surface area contributed by atoms with Gasteiger partial charge in [0, 0.05) is 61.3 Å². The van der Waals surface area contributed by atoms with Crippen LogP contribution in [0.4, 0.5) is 8.78 Å². The number of carbonyl (C=O) groups is 1. The summed E-state index contributed by atoms with van der Waals surface area (Å²) in [6.07, 6.45) is 6.17. The highest BCUT2D eigenvalue weighted by atomic mass is 19.3. The highest BCUT2D eigenvalue weighted by molar-refractivity contribution is 5.76. The molecule has 6 heterocycles. The lowest BCUT2D eigenvalue weighted by atomic mass is 9.71. The summed E-state index contributed by atoms with van der Waals surface area (Å²) >= 11 is 0. The fourth-order valence-corrected chi connectivity index (χ4v) is 7.66. The Morgan fingerprint density at radius 3 is 2.55 bits per heavy atom. The van der Waals surface area contributed by atoms with Gasteiger partial charge in [-0.15, -0.1) is 10.2 Å². The third-order valence-electron chi connectivity index (χ3n) is 10.9. The first-order valence-electron chi connectivity index (χ1n) is 17.9. The molecule has 1 aliphatic carbocycles. The van der Waals surface area contributed by atoms with E-state index in [2.05, 4.69) is 26.1 Å². The zero-order valence-corrected chi connectivity index (χ0v) is 30.1. The van der Waals surface area contributed by atoms with E-state index in [-0.39, 0.29) is 11.2 Å². The van der Waals surface area contributed by atoms with Crippen LogP contribution in [-0.2, 0) is 17.9 Å². The van der Waals surface area contributed by atoms with Crippen molar-refractivity contribution < 1.29 is 28.2 Å². The van der Waals surface area contributed by atoms with Crippen molar-refractivity contribution >= 4 is 11.6 Å². The first-order chi connectivity index (χ1) is 24.3. The predicted molar refractivity (Wildman–Crippen MR) is 186 cm³/mol. The second kappa shape index (κ2) is 13.7. The Balaban J connectivity index is 1.17. The van der Waals surface area contributed by atoms with Crippen LogP contribution < -0.4 is 9.47 Å². The number of aliphatic carboxylic acids is 1. The number of halogens is 2. The number of alkyl halides is 2. The van der Waals surface area contributed by atoms with Gasteiger partial charge in [-0.05, 0) is 114 Å². The van der Waals surface area contributed by atoms with Crippen molar-refractivity contribution in [2.24, 2.45) is 5.41 Å². The number of nitrogens with zero attached hydrogens (tertiary/aromatic N) is 7. The van der Waals surface area contributed by atoms with Crippen molar-refractivity contribution in [2.75, 3.05) is 32.8 Å². The van der Waals surface area contributed by atoms with Crippen LogP contribution in [0.5, 0.6) is 11.8 Å². The standard InChI is InChI=1S/C38H47F2N7O4/c1-23-17-27-21-46(22-38(10-11-38)51-35(27)42-34(23)50-16-15-45-12-7-6-8-13-45)20-26-18-29(41-19-24(26)2)30(37(4,5)36(48)49)28-9-14-47-32(25(28)3)43-44-33(47)31(39)40/h9,14,17-19,30-31H,6-8,10-13,15-16,20-22H2,1-5H3,(H,48,49)/t30-/m0/s1. The molecular formula is C38H47F2N7O4. The number of likely N-dealkylation sites (tertiary alicyclic amines) is 1. The summed E-state index contributed by atoms with van der Waals surface area (Å²) < 4.78 is 41.3. The predicted octanol–water partition coefficient (Wildman–Crippen LogP) is 6.42. The summed E-state index contributed by atoms with van der Waals surface area (Å²) in [4.78, 5) is 27.3. The molecule has 0 amide bonds. The number of hydrogen-bond acceptors (Lipinski definition) is 9. The highest BCUT2D eigenvalue weighted by Crippen LogP contribution is 2.46. The highest BCUT2D eigenvalue weighted by Gasteiger charge is 2.49. The Hall–Kier alpha value is -4.23. The first-order valence-corrected chi connectivity index (χ1v) is 17.9. The maximum atomic E-state index is 13.6. The summed E-state index contributed by atoms with van der Waals surface area (Å²) in [5.41, 5.74) is 4.47. The molecule has 4 aromatic heterocycles. The third-order valence-corrected chi connectivity index (χ3v) is 10.9. The smallest absolute Gasteiger partial charge is 0.310 e. The maximum absolute atomic E-state index is 13.6. The van der Waals surface area contributed by atoms with Crippen LogP contribution in [-0.4, -0.2) is 83.8 Å². The first kappa shape index (κ1) is 35.2. The number of aryl methyl sites for hydroxylation is 3. The molecule has 0 aromatic carbocycles. The van der Waals surface area contributed by atoms with Crippen LogP contribution in [0.2, 0.25) is 0 Å². The zero-order chi connectivity index (χ0) is 36.1.